The van der Waals surface area contributed by atoms with Crippen LogP contribution in [0.3, 0.4) is 0 Å². The van der Waals surface area contributed by atoms with Gasteiger partial charge in [-0.3, -0.25) is 9.69 Å². The van der Waals surface area contributed by atoms with Crippen LogP contribution in [0.5, 0.6) is 0 Å². The molecule has 104 valence electrons. The lowest BCUT2D eigenvalue weighted by atomic mass is 10.00. The Kier molecular flexibility index (Phi) is 4.80. The van der Waals surface area contributed by atoms with Crippen molar-refractivity contribution in [2.45, 2.75) is 25.4 Å². The predicted molar refractivity (Wildman–Crippen MR) is 77.0 cm³/mol. The molecule has 1 amide bonds. The Balaban J connectivity index is 2.30. The summed E-state index contributed by atoms with van der Waals surface area (Å²) in [6.45, 7) is 3.93. The summed E-state index contributed by atoms with van der Waals surface area (Å²) in [5, 5.41) is 3.61. The van der Waals surface area contributed by atoms with Gasteiger partial charge >= 0.3 is 0 Å². The SMILES string of the molecule is CCC1C(=O)NCCN1C(CN)c1ccccc1Cl. The topological polar surface area (TPSA) is 58.4 Å². The molecule has 0 saturated carbocycles. The zero-order valence-electron chi connectivity index (χ0n) is 11.1. The molecule has 2 rings (SSSR count). The van der Waals surface area contributed by atoms with E-state index in [-0.39, 0.29) is 18.0 Å². The number of nitrogens with zero attached hydrogens (tertiary/aromatic N) is 1. The van der Waals surface area contributed by atoms with Crippen LogP contribution in [0.2, 0.25) is 5.02 Å². The fourth-order valence-corrected chi connectivity index (χ4v) is 2.97. The number of amides is 1. The number of benzene rings is 1. The Morgan fingerprint density at radius 2 is 2.26 bits per heavy atom. The minimum Gasteiger partial charge on any atom is -0.353 e. The van der Waals surface area contributed by atoms with Crippen molar-refractivity contribution in [1.82, 2.24) is 10.2 Å². The first-order valence-corrected chi connectivity index (χ1v) is 7.04. The Bertz CT molecular complexity index is 452. The van der Waals surface area contributed by atoms with Crippen LogP contribution >= 0.6 is 11.6 Å². The van der Waals surface area contributed by atoms with E-state index < -0.39 is 0 Å². The number of nitrogens with one attached hydrogen (secondary N) is 1. The Morgan fingerprint density at radius 1 is 1.53 bits per heavy atom. The average Bonchev–Trinajstić information content (AvgIpc) is 2.42. The fraction of sp³-hybridized carbons (Fsp3) is 0.500. The summed E-state index contributed by atoms with van der Waals surface area (Å²) >= 11 is 6.26. The number of carbonyl (C=O) groups excluding carboxylic acids is 1. The molecule has 5 heteroatoms. The largest absolute Gasteiger partial charge is 0.353 e. The molecule has 1 heterocycles. The van der Waals surface area contributed by atoms with Crippen molar-refractivity contribution in [3.8, 4) is 0 Å². The second kappa shape index (κ2) is 6.37. The van der Waals surface area contributed by atoms with Crippen molar-refractivity contribution < 1.29 is 4.79 Å². The zero-order valence-corrected chi connectivity index (χ0v) is 11.9. The summed E-state index contributed by atoms with van der Waals surface area (Å²) in [6, 6.07) is 7.57. The highest BCUT2D eigenvalue weighted by atomic mass is 35.5. The van der Waals surface area contributed by atoms with E-state index in [0.717, 1.165) is 18.5 Å². The number of halogens is 1. The van der Waals surface area contributed by atoms with E-state index in [1.54, 1.807) is 0 Å². The Labute approximate surface area is 118 Å². The van der Waals surface area contributed by atoms with Gasteiger partial charge in [0.15, 0.2) is 0 Å². The molecule has 1 aromatic carbocycles. The van der Waals surface area contributed by atoms with E-state index >= 15 is 0 Å². The van der Waals surface area contributed by atoms with Gasteiger partial charge in [-0.15, -0.1) is 0 Å². The molecule has 0 aliphatic carbocycles. The predicted octanol–water partition coefficient (Wildman–Crippen LogP) is 1.55. The summed E-state index contributed by atoms with van der Waals surface area (Å²) in [5.41, 5.74) is 6.93. The number of piperazine rings is 1. The zero-order chi connectivity index (χ0) is 13.8. The molecule has 1 aromatic rings. The molecule has 1 aliphatic heterocycles. The third-order valence-electron chi connectivity index (χ3n) is 3.65. The standard InChI is InChI=1S/C14H20ClN3O/c1-2-12-14(19)17-7-8-18(12)13(9-16)10-5-3-4-6-11(10)15/h3-6,12-13H,2,7-9,16H2,1H3,(H,17,19). The smallest absolute Gasteiger partial charge is 0.237 e. The van der Waals surface area contributed by atoms with Gasteiger partial charge in [-0.25, -0.2) is 0 Å². The van der Waals surface area contributed by atoms with Crippen LogP contribution in [0.4, 0.5) is 0 Å². The number of hydrogen-bond acceptors (Lipinski definition) is 3. The van der Waals surface area contributed by atoms with Crippen LogP contribution < -0.4 is 11.1 Å². The van der Waals surface area contributed by atoms with Gasteiger partial charge in [0.1, 0.15) is 0 Å². The van der Waals surface area contributed by atoms with Gasteiger partial charge in [0.05, 0.1) is 6.04 Å². The third kappa shape index (κ3) is 2.91. The number of hydrogen-bond donors (Lipinski definition) is 2. The first-order chi connectivity index (χ1) is 9.19. The minimum atomic E-state index is -0.126. The van der Waals surface area contributed by atoms with Crippen LogP contribution in [0.1, 0.15) is 24.9 Å². The molecule has 1 saturated heterocycles. The minimum absolute atomic E-state index is 0.00954. The van der Waals surface area contributed by atoms with E-state index in [1.165, 1.54) is 0 Å². The van der Waals surface area contributed by atoms with Crippen molar-refractivity contribution in [2.75, 3.05) is 19.6 Å². The van der Waals surface area contributed by atoms with Crippen molar-refractivity contribution in [3.05, 3.63) is 34.9 Å². The van der Waals surface area contributed by atoms with Crippen molar-refractivity contribution in [3.63, 3.8) is 0 Å². The lowest BCUT2D eigenvalue weighted by Crippen LogP contribution is -2.56. The Morgan fingerprint density at radius 3 is 2.89 bits per heavy atom. The van der Waals surface area contributed by atoms with Crippen LogP contribution in [-0.2, 0) is 4.79 Å². The molecule has 0 radical (unpaired) electrons. The summed E-state index contributed by atoms with van der Waals surface area (Å²) < 4.78 is 0. The molecular formula is C14H20ClN3O. The summed E-state index contributed by atoms with van der Waals surface area (Å²) in [5.74, 6) is 0.0826. The van der Waals surface area contributed by atoms with Crippen LogP contribution in [0.15, 0.2) is 24.3 Å². The number of carbonyl (C=O) groups is 1. The summed E-state index contributed by atoms with van der Waals surface area (Å²) in [7, 11) is 0. The third-order valence-corrected chi connectivity index (χ3v) is 3.99. The lowest BCUT2D eigenvalue weighted by molar-refractivity contribution is -0.130. The number of rotatable bonds is 4. The van der Waals surface area contributed by atoms with Gasteiger partial charge in [-0.2, -0.15) is 0 Å². The molecule has 3 N–H and O–H groups in total. The highest BCUT2D eigenvalue weighted by Gasteiger charge is 2.33. The molecule has 0 aromatic heterocycles. The highest BCUT2D eigenvalue weighted by molar-refractivity contribution is 6.31. The molecule has 0 spiro atoms. The van der Waals surface area contributed by atoms with Crippen molar-refractivity contribution in [1.29, 1.82) is 0 Å². The van der Waals surface area contributed by atoms with Gasteiger partial charge in [-0.1, -0.05) is 36.7 Å². The summed E-state index contributed by atoms with van der Waals surface area (Å²) in [4.78, 5) is 14.1. The molecule has 1 aliphatic rings. The van der Waals surface area contributed by atoms with Crippen molar-refractivity contribution >= 4 is 17.5 Å². The maximum atomic E-state index is 11.9. The van der Waals surface area contributed by atoms with E-state index in [0.29, 0.717) is 18.1 Å². The van der Waals surface area contributed by atoms with Crippen LogP contribution in [0.25, 0.3) is 0 Å². The monoisotopic (exact) mass is 281 g/mol. The highest BCUT2D eigenvalue weighted by Crippen LogP contribution is 2.29. The van der Waals surface area contributed by atoms with Gasteiger partial charge in [0.25, 0.3) is 0 Å². The van der Waals surface area contributed by atoms with Gasteiger partial charge in [0.2, 0.25) is 5.91 Å². The molecule has 2 unspecified atom stereocenters. The molecule has 1 fully saturated rings. The van der Waals surface area contributed by atoms with E-state index in [9.17, 15) is 4.79 Å². The molecule has 2 atom stereocenters. The lowest BCUT2D eigenvalue weighted by Gasteiger charge is -2.40. The number of nitrogens with two attached hydrogens (primary N) is 1. The van der Waals surface area contributed by atoms with Gasteiger partial charge in [0, 0.05) is 30.7 Å². The molecule has 4 nitrogen and oxygen atoms in total. The molecule has 19 heavy (non-hydrogen) atoms. The second-order valence-corrected chi connectivity index (χ2v) is 5.13. The average molecular weight is 282 g/mol. The van der Waals surface area contributed by atoms with E-state index in [4.69, 9.17) is 17.3 Å². The first-order valence-electron chi connectivity index (χ1n) is 6.67. The summed E-state index contributed by atoms with van der Waals surface area (Å²) in [6.07, 6.45) is 0.771. The van der Waals surface area contributed by atoms with Gasteiger partial charge in [-0.05, 0) is 18.1 Å². The molecule has 0 bridgehead atoms. The van der Waals surface area contributed by atoms with Gasteiger partial charge < -0.3 is 11.1 Å². The maximum Gasteiger partial charge on any atom is 0.237 e. The fourth-order valence-electron chi connectivity index (χ4n) is 2.71. The first kappa shape index (κ1) is 14.3. The normalized spacial score (nSPS) is 22.1. The second-order valence-electron chi connectivity index (χ2n) is 4.73. The Hall–Kier alpha value is -1.10. The van der Waals surface area contributed by atoms with Crippen LogP contribution in [-0.4, -0.2) is 36.5 Å². The van der Waals surface area contributed by atoms with E-state index in [2.05, 4.69) is 10.2 Å². The maximum absolute atomic E-state index is 11.9. The van der Waals surface area contributed by atoms with Crippen molar-refractivity contribution in [2.24, 2.45) is 5.73 Å². The quantitative estimate of drug-likeness (QED) is 0.880. The van der Waals surface area contributed by atoms with Crippen LogP contribution in [0, 0.1) is 0 Å². The van der Waals surface area contributed by atoms with E-state index in [1.807, 2.05) is 31.2 Å². The molecular weight excluding hydrogens is 262 g/mol.